The van der Waals surface area contributed by atoms with E-state index in [-0.39, 0.29) is 11.9 Å². The number of esters is 2. The van der Waals surface area contributed by atoms with Crippen molar-refractivity contribution in [3.8, 4) is 0 Å². The number of rotatable bonds is 6. The lowest BCUT2D eigenvalue weighted by Crippen LogP contribution is -2.24. The first-order chi connectivity index (χ1) is 14.3. The zero-order valence-electron chi connectivity index (χ0n) is 18.5. The molecule has 0 amide bonds. The summed E-state index contributed by atoms with van der Waals surface area (Å²) in [7, 11) is 0. The summed E-state index contributed by atoms with van der Waals surface area (Å²) in [6.45, 7) is 8.98. The fourth-order valence-corrected chi connectivity index (χ4v) is 3.86. The molecule has 30 heavy (non-hydrogen) atoms. The van der Waals surface area contributed by atoms with Crippen LogP contribution >= 0.6 is 0 Å². The molecule has 4 heteroatoms. The number of benzene rings is 2. The van der Waals surface area contributed by atoms with Crippen molar-refractivity contribution in [1.29, 1.82) is 0 Å². The van der Waals surface area contributed by atoms with Gasteiger partial charge in [-0.25, -0.2) is 9.59 Å². The number of carbonyl (C=O) groups is 2. The molecule has 0 aromatic heterocycles. The van der Waals surface area contributed by atoms with Crippen molar-refractivity contribution in [3.63, 3.8) is 0 Å². The van der Waals surface area contributed by atoms with E-state index in [4.69, 9.17) is 9.47 Å². The Morgan fingerprint density at radius 2 is 1.03 bits per heavy atom. The third-order valence-corrected chi connectivity index (χ3v) is 6.35. The summed E-state index contributed by atoms with van der Waals surface area (Å²) in [5.74, 6) is 0.268. The molecule has 2 aromatic carbocycles. The van der Waals surface area contributed by atoms with E-state index < -0.39 is 0 Å². The van der Waals surface area contributed by atoms with E-state index in [2.05, 4.69) is 0 Å². The van der Waals surface area contributed by atoms with E-state index in [0.717, 1.165) is 36.8 Å². The van der Waals surface area contributed by atoms with Crippen LogP contribution in [0, 0.1) is 39.5 Å². The van der Waals surface area contributed by atoms with Gasteiger partial charge in [-0.3, -0.25) is 0 Å². The van der Waals surface area contributed by atoms with E-state index in [0.29, 0.717) is 36.2 Å². The van der Waals surface area contributed by atoms with Crippen LogP contribution in [0.2, 0.25) is 0 Å². The zero-order chi connectivity index (χ0) is 21.7. The summed E-state index contributed by atoms with van der Waals surface area (Å²) >= 11 is 0. The minimum Gasteiger partial charge on any atom is -0.462 e. The molecule has 0 heterocycles. The molecule has 0 atom stereocenters. The molecule has 0 spiro atoms. The topological polar surface area (TPSA) is 52.6 Å². The summed E-state index contributed by atoms with van der Waals surface area (Å²) in [5.41, 5.74) is 5.77. The van der Waals surface area contributed by atoms with Crippen LogP contribution in [-0.2, 0) is 9.47 Å². The molecule has 1 aliphatic carbocycles. The molecule has 2 aromatic rings. The van der Waals surface area contributed by atoms with Crippen molar-refractivity contribution in [2.75, 3.05) is 13.2 Å². The molecule has 0 aliphatic heterocycles. The number of aryl methyl sites for hydroxylation is 4. The smallest absolute Gasteiger partial charge is 0.338 e. The van der Waals surface area contributed by atoms with Gasteiger partial charge in [0.1, 0.15) is 0 Å². The number of carbonyl (C=O) groups excluding carboxylic acids is 2. The average molecular weight is 409 g/mol. The SMILES string of the molecule is Cc1ccc(C(=O)OCC2CCC(COC(=O)c3ccc(C)c(C)c3)CC2)cc1C. The Balaban J connectivity index is 1.39. The second-order valence-electron chi connectivity index (χ2n) is 8.68. The van der Waals surface area contributed by atoms with Gasteiger partial charge in [-0.15, -0.1) is 0 Å². The molecule has 0 bridgehead atoms. The van der Waals surface area contributed by atoms with Gasteiger partial charge in [0.25, 0.3) is 0 Å². The molecule has 4 nitrogen and oxygen atoms in total. The molecule has 0 saturated heterocycles. The van der Waals surface area contributed by atoms with Crippen LogP contribution in [0.5, 0.6) is 0 Å². The van der Waals surface area contributed by atoms with Crippen LogP contribution < -0.4 is 0 Å². The Bertz CT molecular complexity index is 832. The van der Waals surface area contributed by atoms with Gasteiger partial charge in [-0.2, -0.15) is 0 Å². The molecular weight excluding hydrogens is 376 g/mol. The lowest BCUT2D eigenvalue weighted by atomic mass is 9.83. The molecule has 3 rings (SSSR count). The van der Waals surface area contributed by atoms with Crippen LogP contribution in [0.3, 0.4) is 0 Å². The second-order valence-corrected chi connectivity index (χ2v) is 8.68. The van der Waals surface area contributed by atoms with E-state index in [1.807, 2.05) is 64.1 Å². The summed E-state index contributed by atoms with van der Waals surface area (Å²) in [6.07, 6.45) is 3.97. The van der Waals surface area contributed by atoms with Crippen LogP contribution in [-0.4, -0.2) is 25.2 Å². The van der Waals surface area contributed by atoms with Crippen molar-refractivity contribution >= 4 is 11.9 Å². The summed E-state index contributed by atoms with van der Waals surface area (Å²) < 4.78 is 11.1. The van der Waals surface area contributed by atoms with Crippen molar-refractivity contribution in [3.05, 3.63) is 69.8 Å². The molecule has 0 N–H and O–H groups in total. The van der Waals surface area contributed by atoms with E-state index in [1.165, 1.54) is 11.1 Å². The van der Waals surface area contributed by atoms with Crippen molar-refractivity contribution in [2.45, 2.75) is 53.4 Å². The van der Waals surface area contributed by atoms with Gasteiger partial charge >= 0.3 is 11.9 Å². The Morgan fingerprint density at radius 1 is 0.667 bits per heavy atom. The molecular formula is C26H32O4. The van der Waals surface area contributed by atoms with Crippen molar-refractivity contribution in [2.24, 2.45) is 11.8 Å². The highest BCUT2D eigenvalue weighted by Crippen LogP contribution is 2.29. The van der Waals surface area contributed by atoms with E-state index in [1.54, 1.807) is 0 Å². The maximum Gasteiger partial charge on any atom is 0.338 e. The van der Waals surface area contributed by atoms with Crippen LogP contribution in [0.1, 0.15) is 68.7 Å². The lowest BCUT2D eigenvalue weighted by Gasteiger charge is -2.27. The molecule has 1 fully saturated rings. The van der Waals surface area contributed by atoms with Gasteiger partial charge < -0.3 is 9.47 Å². The average Bonchev–Trinajstić information content (AvgIpc) is 2.74. The van der Waals surface area contributed by atoms with Crippen molar-refractivity contribution < 1.29 is 19.1 Å². The quantitative estimate of drug-likeness (QED) is 0.572. The van der Waals surface area contributed by atoms with Crippen LogP contribution in [0.4, 0.5) is 0 Å². The Morgan fingerprint density at radius 3 is 1.37 bits per heavy atom. The van der Waals surface area contributed by atoms with Crippen LogP contribution in [0.25, 0.3) is 0 Å². The van der Waals surface area contributed by atoms with Crippen molar-refractivity contribution in [1.82, 2.24) is 0 Å². The first-order valence-electron chi connectivity index (χ1n) is 10.8. The Kier molecular flexibility index (Phi) is 7.30. The largest absolute Gasteiger partial charge is 0.462 e. The summed E-state index contributed by atoms with van der Waals surface area (Å²) in [6, 6.07) is 11.3. The van der Waals surface area contributed by atoms with Gasteiger partial charge in [-0.05, 0) is 112 Å². The maximum absolute atomic E-state index is 12.3. The highest BCUT2D eigenvalue weighted by molar-refractivity contribution is 5.90. The number of hydrogen-bond acceptors (Lipinski definition) is 4. The Labute approximate surface area is 179 Å². The predicted molar refractivity (Wildman–Crippen MR) is 118 cm³/mol. The number of hydrogen-bond donors (Lipinski definition) is 0. The normalized spacial score (nSPS) is 18.7. The Hall–Kier alpha value is -2.62. The fourth-order valence-electron chi connectivity index (χ4n) is 3.86. The van der Waals surface area contributed by atoms with Gasteiger partial charge in [0, 0.05) is 0 Å². The lowest BCUT2D eigenvalue weighted by molar-refractivity contribution is 0.0297. The van der Waals surface area contributed by atoms with Crippen LogP contribution in [0.15, 0.2) is 36.4 Å². The molecule has 160 valence electrons. The molecule has 1 saturated carbocycles. The fraction of sp³-hybridized carbons (Fsp3) is 0.462. The molecule has 0 radical (unpaired) electrons. The third-order valence-electron chi connectivity index (χ3n) is 6.35. The minimum atomic E-state index is -0.248. The molecule has 0 unspecified atom stereocenters. The minimum absolute atomic E-state index is 0.248. The van der Waals surface area contributed by atoms with Gasteiger partial charge in [-0.1, -0.05) is 12.1 Å². The van der Waals surface area contributed by atoms with Gasteiger partial charge in [0.15, 0.2) is 0 Å². The van der Waals surface area contributed by atoms with Gasteiger partial charge in [0.2, 0.25) is 0 Å². The zero-order valence-corrected chi connectivity index (χ0v) is 18.5. The molecule has 1 aliphatic rings. The first-order valence-corrected chi connectivity index (χ1v) is 10.8. The summed E-state index contributed by atoms with van der Waals surface area (Å²) in [5, 5.41) is 0. The maximum atomic E-state index is 12.3. The number of ether oxygens (including phenoxy) is 2. The standard InChI is InChI=1S/C26H32O4/c1-17-5-11-23(13-19(17)3)25(27)29-15-21-7-9-22(10-8-21)16-30-26(28)24-12-6-18(2)20(4)14-24/h5-6,11-14,21-22H,7-10,15-16H2,1-4H3. The van der Waals surface area contributed by atoms with E-state index >= 15 is 0 Å². The predicted octanol–water partition coefficient (Wildman–Crippen LogP) is 5.74. The highest BCUT2D eigenvalue weighted by atomic mass is 16.5. The van der Waals surface area contributed by atoms with Gasteiger partial charge in [0.05, 0.1) is 24.3 Å². The van der Waals surface area contributed by atoms with E-state index in [9.17, 15) is 9.59 Å². The second kappa shape index (κ2) is 9.92. The third kappa shape index (κ3) is 5.71. The first kappa shape index (κ1) is 22.1. The summed E-state index contributed by atoms with van der Waals surface area (Å²) in [4.78, 5) is 24.6. The monoisotopic (exact) mass is 408 g/mol. The highest BCUT2D eigenvalue weighted by Gasteiger charge is 2.24.